The van der Waals surface area contributed by atoms with Gasteiger partial charge in [0.15, 0.2) is 0 Å². The molecule has 0 bridgehead atoms. The predicted octanol–water partition coefficient (Wildman–Crippen LogP) is 5.44. The number of aryl methyl sites for hydroxylation is 1. The minimum Gasteiger partial charge on any atom is -0.290 e. The van der Waals surface area contributed by atoms with Gasteiger partial charge in [-0.1, -0.05) is 66.2 Å². The third-order valence-corrected chi connectivity index (χ3v) is 8.42. The van der Waals surface area contributed by atoms with Crippen LogP contribution in [0.2, 0.25) is 0 Å². The highest BCUT2D eigenvalue weighted by Crippen LogP contribution is 2.64. The third kappa shape index (κ3) is 1.77. The van der Waals surface area contributed by atoms with E-state index in [4.69, 9.17) is 0 Å². The minimum absolute atomic E-state index is 0.0401. The molecular formula is C30H20O2. The Morgan fingerprint density at radius 3 is 1.62 bits per heavy atom. The molecule has 3 aromatic carbocycles. The summed E-state index contributed by atoms with van der Waals surface area (Å²) in [6.45, 7) is 2.18. The van der Waals surface area contributed by atoms with Crippen LogP contribution in [0.4, 0.5) is 0 Å². The Hall–Kier alpha value is -3.52. The molecule has 2 nitrogen and oxygen atoms in total. The molecule has 0 amide bonds. The molecular weight excluding hydrogens is 392 g/mol. The summed E-state index contributed by atoms with van der Waals surface area (Å²) >= 11 is 0. The smallest absolute Gasteiger partial charge is 0.210 e. The molecule has 8 rings (SSSR count). The molecule has 0 spiro atoms. The van der Waals surface area contributed by atoms with E-state index in [1.807, 2.05) is 12.1 Å². The second kappa shape index (κ2) is 5.45. The van der Waals surface area contributed by atoms with Crippen molar-refractivity contribution in [2.45, 2.75) is 37.5 Å². The van der Waals surface area contributed by atoms with Crippen molar-refractivity contribution in [3.05, 3.63) is 116 Å². The topological polar surface area (TPSA) is 34.1 Å². The van der Waals surface area contributed by atoms with Gasteiger partial charge in [-0.15, -0.1) is 0 Å². The van der Waals surface area contributed by atoms with E-state index in [1.165, 1.54) is 55.7 Å². The molecule has 32 heavy (non-hydrogen) atoms. The van der Waals surface area contributed by atoms with Crippen molar-refractivity contribution in [3.63, 3.8) is 0 Å². The van der Waals surface area contributed by atoms with Gasteiger partial charge in [-0.2, -0.15) is 0 Å². The predicted molar refractivity (Wildman–Crippen MR) is 124 cm³/mol. The van der Waals surface area contributed by atoms with Gasteiger partial charge in [-0.3, -0.25) is 9.59 Å². The lowest BCUT2D eigenvalue weighted by Gasteiger charge is -2.37. The van der Waals surface area contributed by atoms with E-state index >= 15 is 0 Å². The zero-order chi connectivity index (χ0) is 21.3. The van der Waals surface area contributed by atoms with E-state index < -0.39 is 11.8 Å². The Morgan fingerprint density at radius 1 is 0.656 bits per heavy atom. The largest absolute Gasteiger partial charge is 0.290 e. The second-order valence-corrected chi connectivity index (χ2v) is 9.92. The van der Waals surface area contributed by atoms with Gasteiger partial charge in [-0.05, 0) is 81.0 Å². The average molecular weight is 412 g/mol. The number of hydrogen-bond acceptors (Lipinski definition) is 2. The van der Waals surface area contributed by atoms with Crippen LogP contribution >= 0.6 is 0 Å². The first-order chi connectivity index (χ1) is 15.6. The monoisotopic (exact) mass is 412 g/mol. The number of carbonyl (C=O) groups is 2. The zero-order valence-corrected chi connectivity index (χ0v) is 17.7. The maximum absolute atomic E-state index is 13.9. The van der Waals surface area contributed by atoms with Gasteiger partial charge in [-0.25, -0.2) is 0 Å². The molecule has 5 aliphatic rings. The van der Waals surface area contributed by atoms with Gasteiger partial charge >= 0.3 is 0 Å². The SMILES string of the molecule is Cc1cc2c3c(c1)CC1=C4C(C(=O)C(=O)C5C(=C(C2)c2ccccc25)C43)c2ccccc21. The van der Waals surface area contributed by atoms with Crippen LogP contribution in [0, 0.1) is 6.92 Å². The van der Waals surface area contributed by atoms with Crippen LogP contribution in [0.25, 0.3) is 11.1 Å². The van der Waals surface area contributed by atoms with E-state index in [0.29, 0.717) is 0 Å². The fourth-order valence-corrected chi connectivity index (χ4v) is 7.44. The number of allylic oxidation sites excluding steroid dienone is 4. The molecule has 0 heterocycles. The van der Waals surface area contributed by atoms with E-state index in [9.17, 15) is 9.59 Å². The van der Waals surface area contributed by atoms with Crippen molar-refractivity contribution < 1.29 is 9.59 Å². The van der Waals surface area contributed by atoms with Crippen LogP contribution < -0.4 is 0 Å². The standard InChI is InChI=1S/C30H20O2/c1-14-10-15-12-21-17-6-2-4-8-19(17)26-24(21)28-23(15)16(11-14)13-22-18-7-3-5-9-20(18)27(25(22)28)30(32)29(26)31/h2-11,26-28H,12-13H2,1H3. The first-order valence-electron chi connectivity index (χ1n) is 11.5. The number of ketones is 2. The Morgan fingerprint density at radius 2 is 1.12 bits per heavy atom. The zero-order valence-electron chi connectivity index (χ0n) is 17.7. The average Bonchev–Trinajstić information content (AvgIpc) is 3.27. The molecule has 1 saturated carbocycles. The van der Waals surface area contributed by atoms with Crippen LogP contribution in [0.3, 0.4) is 0 Å². The molecule has 1 fully saturated rings. The fourth-order valence-electron chi connectivity index (χ4n) is 7.44. The second-order valence-electron chi connectivity index (χ2n) is 9.92. The Labute approximate surface area is 186 Å². The lowest BCUT2D eigenvalue weighted by atomic mass is 9.66. The van der Waals surface area contributed by atoms with Gasteiger partial charge in [0.25, 0.3) is 0 Å². The Balaban J connectivity index is 1.54. The molecule has 152 valence electrons. The van der Waals surface area contributed by atoms with Crippen LogP contribution in [-0.2, 0) is 22.4 Å². The van der Waals surface area contributed by atoms with Crippen LogP contribution in [0.1, 0.15) is 62.3 Å². The highest BCUT2D eigenvalue weighted by atomic mass is 16.2. The number of Topliss-reactive ketones (excluding diaryl/α,β-unsaturated/α-hetero) is 2. The number of carbonyl (C=O) groups excluding carboxylic acids is 2. The van der Waals surface area contributed by atoms with Gasteiger partial charge in [0, 0.05) is 5.92 Å². The summed E-state index contributed by atoms with van der Waals surface area (Å²) in [6.07, 6.45) is 1.70. The van der Waals surface area contributed by atoms with Crippen molar-refractivity contribution in [2.75, 3.05) is 0 Å². The van der Waals surface area contributed by atoms with Crippen molar-refractivity contribution in [2.24, 2.45) is 0 Å². The lowest BCUT2D eigenvalue weighted by molar-refractivity contribution is -0.137. The van der Waals surface area contributed by atoms with Gasteiger partial charge in [0.05, 0.1) is 11.8 Å². The fraction of sp³-hybridized carbons (Fsp3) is 0.200. The quantitative estimate of drug-likeness (QED) is 0.461. The summed E-state index contributed by atoms with van der Waals surface area (Å²) < 4.78 is 0. The molecule has 0 N–H and O–H groups in total. The van der Waals surface area contributed by atoms with Crippen LogP contribution in [-0.4, -0.2) is 11.6 Å². The first-order valence-corrected chi connectivity index (χ1v) is 11.5. The first kappa shape index (κ1) is 17.1. The van der Waals surface area contributed by atoms with Crippen molar-refractivity contribution in [1.82, 2.24) is 0 Å². The van der Waals surface area contributed by atoms with Crippen LogP contribution in [0.15, 0.2) is 71.8 Å². The molecule has 2 heteroatoms. The number of fused-ring (bicyclic) bond motifs is 6. The molecule has 3 aromatic rings. The molecule has 0 aliphatic heterocycles. The van der Waals surface area contributed by atoms with E-state index in [-0.39, 0.29) is 17.5 Å². The summed E-state index contributed by atoms with van der Waals surface area (Å²) in [6, 6.07) is 21.2. The summed E-state index contributed by atoms with van der Waals surface area (Å²) in [7, 11) is 0. The molecule has 0 aromatic heterocycles. The van der Waals surface area contributed by atoms with E-state index in [1.54, 1.807) is 0 Å². The Bertz CT molecular complexity index is 1420. The molecule has 2 unspecified atom stereocenters. The van der Waals surface area contributed by atoms with Gasteiger partial charge in [0.1, 0.15) is 0 Å². The maximum Gasteiger partial charge on any atom is 0.210 e. The third-order valence-electron chi connectivity index (χ3n) is 8.42. The summed E-state index contributed by atoms with van der Waals surface area (Å²) in [5, 5.41) is 0. The molecule has 0 saturated heterocycles. The molecule has 2 atom stereocenters. The normalized spacial score (nSPS) is 25.6. The van der Waals surface area contributed by atoms with Gasteiger partial charge < -0.3 is 0 Å². The van der Waals surface area contributed by atoms with Crippen molar-refractivity contribution in [3.8, 4) is 0 Å². The molecule has 0 radical (unpaired) electrons. The highest BCUT2D eigenvalue weighted by Gasteiger charge is 2.55. The van der Waals surface area contributed by atoms with Crippen molar-refractivity contribution >= 4 is 22.7 Å². The maximum atomic E-state index is 13.9. The summed E-state index contributed by atoms with van der Waals surface area (Å²) in [5.74, 6) is -1.25. The minimum atomic E-state index is -0.425. The van der Waals surface area contributed by atoms with E-state index in [0.717, 1.165) is 24.0 Å². The summed E-state index contributed by atoms with van der Waals surface area (Å²) in [4.78, 5) is 27.7. The number of rotatable bonds is 0. The molecule has 5 aliphatic carbocycles. The number of benzene rings is 3. The van der Waals surface area contributed by atoms with Crippen molar-refractivity contribution in [1.29, 1.82) is 0 Å². The van der Waals surface area contributed by atoms with Crippen LogP contribution in [0.5, 0.6) is 0 Å². The van der Waals surface area contributed by atoms with Gasteiger partial charge in [0.2, 0.25) is 11.6 Å². The lowest BCUT2D eigenvalue weighted by Crippen LogP contribution is -2.25. The number of hydrogen-bond donors (Lipinski definition) is 0. The highest BCUT2D eigenvalue weighted by molar-refractivity contribution is 6.44. The summed E-state index contributed by atoms with van der Waals surface area (Å²) in [5.41, 5.74) is 14.8. The Kier molecular flexibility index (Phi) is 2.91. The van der Waals surface area contributed by atoms with E-state index in [2.05, 4.69) is 55.5 Å².